The van der Waals surface area contributed by atoms with E-state index in [9.17, 15) is 13.2 Å². The minimum absolute atomic E-state index is 0.120. The number of halogens is 1. The van der Waals surface area contributed by atoms with Crippen molar-refractivity contribution in [1.82, 2.24) is 5.32 Å². The third-order valence-electron chi connectivity index (χ3n) is 2.76. The van der Waals surface area contributed by atoms with Crippen molar-refractivity contribution in [2.45, 2.75) is 10.9 Å². The van der Waals surface area contributed by atoms with Gasteiger partial charge in [0.15, 0.2) is 0 Å². The van der Waals surface area contributed by atoms with Gasteiger partial charge in [0.05, 0.1) is 28.8 Å². The van der Waals surface area contributed by atoms with Gasteiger partial charge in [-0.2, -0.15) is 0 Å². The molecule has 2 rings (SSSR count). The molecule has 7 nitrogen and oxygen atoms in total. The molecule has 20 heavy (non-hydrogen) atoms. The van der Waals surface area contributed by atoms with Crippen molar-refractivity contribution in [2.24, 2.45) is 5.14 Å². The molecule has 1 aromatic rings. The topological polar surface area (TPSA) is 111 Å². The van der Waals surface area contributed by atoms with Crippen molar-refractivity contribution in [2.75, 3.05) is 25.1 Å². The van der Waals surface area contributed by atoms with Gasteiger partial charge in [-0.15, -0.1) is 0 Å². The van der Waals surface area contributed by atoms with Crippen molar-refractivity contribution in [3.05, 3.63) is 23.2 Å². The van der Waals surface area contributed by atoms with Crippen LogP contribution in [0.1, 0.15) is 0 Å². The van der Waals surface area contributed by atoms with E-state index in [2.05, 4.69) is 10.6 Å². The van der Waals surface area contributed by atoms with Crippen LogP contribution in [0.2, 0.25) is 5.02 Å². The minimum Gasteiger partial charge on any atom is -0.378 e. The van der Waals surface area contributed by atoms with Crippen LogP contribution in [0.15, 0.2) is 23.1 Å². The molecule has 1 amide bonds. The van der Waals surface area contributed by atoms with Crippen LogP contribution in [0, 0.1) is 0 Å². The zero-order valence-corrected chi connectivity index (χ0v) is 12.0. The molecule has 110 valence electrons. The molecule has 0 saturated carbocycles. The van der Waals surface area contributed by atoms with Crippen molar-refractivity contribution in [1.29, 1.82) is 0 Å². The summed E-state index contributed by atoms with van der Waals surface area (Å²) >= 11 is 5.93. The van der Waals surface area contributed by atoms with Crippen LogP contribution in [-0.2, 0) is 19.6 Å². The predicted molar refractivity (Wildman–Crippen MR) is 74.1 cm³/mol. The average molecular weight is 320 g/mol. The molecule has 1 aromatic carbocycles. The molecule has 1 heterocycles. The Morgan fingerprint density at radius 1 is 1.50 bits per heavy atom. The van der Waals surface area contributed by atoms with Gasteiger partial charge in [0.1, 0.15) is 6.04 Å². The van der Waals surface area contributed by atoms with Gasteiger partial charge in [-0.1, -0.05) is 11.6 Å². The largest absolute Gasteiger partial charge is 0.378 e. The zero-order chi connectivity index (χ0) is 14.8. The van der Waals surface area contributed by atoms with Gasteiger partial charge in [-0.05, 0) is 18.2 Å². The van der Waals surface area contributed by atoms with Crippen LogP contribution < -0.4 is 15.8 Å². The molecular weight excluding hydrogens is 306 g/mol. The Morgan fingerprint density at radius 2 is 2.25 bits per heavy atom. The Labute approximate surface area is 121 Å². The Bertz CT molecular complexity index is 614. The number of anilines is 1. The van der Waals surface area contributed by atoms with E-state index in [1.807, 2.05) is 0 Å². The van der Waals surface area contributed by atoms with Gasteiger partial charge in [0.2, 0.25) is 15.9 Å². The van der Waals surface area contributed by atoms with Gasteiger partial charge in [-0.3, -0.25) is 4.79 Å². The van der Waals surface area contributed by atoms with E-state index in [4.69, 9.17) is 21.5 Å². The second kappa shape index (κ2) is 6.06. The van der Waals surface area contributed by atoms with E-state index in [1.54, 1.807) is 0 Å². The minimum atomic E-state index is -3.85. The molecular formula is C11H14ClN3O4S. The Balaban J connectivity index is 2.18. The van der Waals surface area contributed by atoms with Gasteiger partial charge in [0.25, 0.3) is 0 Å². The number of ether oxygens (including phenoxy) is 1. The molecule has 1 unspecified atom stereocenters. The number of morpholine rings is 1. The van der Waals surface area contributed by atoms with Crippen molar-refractivity contribution in [3.63, 3.8) is 0 Å². The number of hydrogen-bond donors (Lipinski definition) is 3. The lowest BCUT2D eigenvalue weighted by molar-refractivity contribution is -0.120. The van der Waals surface area contributed by atoms with E-state index < -0.39 is 16.1 Å². The normalized spacial score (nSPS) is 19.6. The molecule has 0 aliphatic carbocycles. The first-order chi connectivity index (χ1) is 9.38. The van der Waals surface area contributed by atoms with Crippen LogP contribution in [0.3, 0.4) is 0 Å². The summed E-state index contributed by atoms with van der Waals surface area (Å²) in [6.07, 6.45) is 0. The number of sulfonamides is 1. The van der Waals surface area contributed by atoms with Crippen LogP contribution >= 0.6 is 11.6 Å². The summed E-state index contributed by atoms with van der Waals surface area (Å²) in [6, 6.07) is 3.36. The molecule has 0 bridgehead atoms. The average Bonchev–Trinajstić information content (AvgIpc) is 2.41. The standard InChI is InChI=1S/C11H14ClN3O4S/c12-8-2-1-7(20(13,17)18)5-9(8)15-11(16)10-6-19-4-3-14-10/h1-2,5,10,14H,3-4,6H2,(H,15,16)(H2,13,17,18). The maximum Gasteiger partial charge on any atom is 0.243 e. The number of primary sulfonamides is 1. The Kier molecular flexibility index (Phi) is 4.61. The number of nitrogens with one attached hydrogen (secondary N) is 2. The summed E-state index contributed by atoms with van der Waals surface area (Å²) in [6.45, 7) is 1.37. The molecule has 1 atom stereocenters. The zero-order valence-electron chi connectivity index (χ0n) is 10.4. The van der Waals surface area contributed by atoms with E-state index in [0.29, 0.717) is 13.2 Å². The summed E-state index contributed by atoms with van der Waals surface area (Å²) in [7, 11) is -3.85. The van der Waals surface area contributed by atoms with Crippen LogP contribution in [-0.4, -0.2) is 40.1 Å². The predicted octanol–water partition coefficient (Wildman–Crippen LogP) is -0.0857. The second-order valence-electron chi connectivity index (χ2n) is 4.26. The number of amides is 1. The van der Waals surface area contributed by atoms with Gasteiger partial charge < -0.3 is 15.4 Å². The lowest BCUT2D eigenvalue weighted by Gasteiger charge is -2.23. The fourth-order valence-electron chi connectivity index (χ4n) is 1.73. The maximum absolute atomic E-state index is 12.0. The maximum atomic E-state index is 12.0. The van der Waals surface area contributed by atoms with Crippen molar-refractivity contribution < 1.29 is 17.9 Å². The van der Waals surface area contributed by atoms with Crippen molar-refractivity contribution in [3.8, 4) is 0 Å². The SMILES string of the molecule is NS(=O)(=O)c1ccc(Cl)c(NC(=O)C2COCCN2)c1. The summed E-state index contributed by atoms with van der Waals surface area (Å²) < 4.78 is 27.7. The van der Waals surface area contributed by atoms with Gasteiger partial charge in [0, 0.05) is 6.54 Å². The van der Waals surface area contributed by atoms with E-state index in [1.165, 1.54) is 18.2 Å². The van der Waals surface area contributed by atoms with E-state index in [-0.39, 0.29) is 28.1 Å². The molecule has 0 spiro atoms. The van der Waals surface area contributed by atoms with Crippen LogP contribution in [0.5, 0.6) is 0 Å². The molecule has 0 aromatic heterocycles. The number of carbonyl (C=O) groups is 1. The number of rotatable bonds is 3. The summed E-state index contributed by atoms with van der Waals surface area (Å²) in [5.41, 5.74) is 0.190. The molecule has 1 aliphatic rings. The van der Waals surface area contributed by atoms with Crippen molar-refractivity contribution >= 4 is 33.2 Å². The quantitative estimate of drug-likeness (QED) is 0.721. The number of hydrogen-bond acceptors (Lipinski definition) is 5. The highest BCUT2D eigenvalue weighted by Crippen LogP contribution is 2.25. The van der Waals surface area contributed by atoms with Gasteiger partial charge >= 0.3 is 0 Å². The second-order valence-corrected chi connectivity index (χ2v) is 6.23. The summed E-state index contributed by atoms with van der Waals surface area (Å²) in [5, 5.41) is 10.8. The molecule has 1 saturated heterocycles. The third kappa shape index (κ3) is 3.68. The van der Waals surface area contributed by atoms with Crippen LogP contribution in [0.25, 0.3) is 0 Å². The number of nitrogens with two attached hydrogens (primary N) is 1. The molecule has 1 aliphatic heterocycles. The highest BCUT2D eigenvalue weighted by atomic mass is 35.5. The molecule has 9 heteroatoms. The summed E-state index contributed by atoms with van der Waals surface area (Å²) in [4.78, 5) is 11.9. The molecule has 1 fully saturated rings. The highest BCUT2D eigenvalue weighted by molar-refractivity contribution is 7.89. The lowest BCUT2D eigenvalue weighted by Crippen LogP contribution is -2.48. The first-order valence-corrected chi connectivity index (χ1v) is 7.75. The molecule has 4 N–H and O–H groups in total. The monoisotopic (exact) mass is 319 g/mol. The number of carbonyl (C=O) groups excluding carboxylic acids is 1. The fraction of sp³-hybridized carbons (Fsp3) is 0.364. The van der Waals surface area contributed by atoms with E-state index in [0.717, 1.165) is 0 Å². The first-order valence-electron chi connectivity index (χ1n) is 5.82. The van der Waals surface area contributed by atoms with E-state index >= 15 is 0 Å². The Hall–Kier alpha value is -1.19. The Morgan fingerprint density at radius 3 is 2.85 bits per heavy atom. The number of benzene rings is 1. The fourth-order valence-corrected chi connectivity index (χ4v) is 2.44. The lowest BCUT2D eigenvalue weighted by atomic mass is 10.2. The first kappa shape index (κ1) is 15.2. The smallest absolute Gasteiger partial charge is 0.243 e. The summed E-state index contributed by atoms with van der Waals surface area (Å²) in [5.74, 6) is -0.349. The highest BCUT2D eigenvalue weighted by Gasteiger charge is 2.22. The molecule has 0 radical (unpaired) electrons. The van der Waals surface area contributed by atoms with Gasteiger partial charge in [-0.25, -0.2) is 13.6 Å². The third-order valence-corrected chi connectivity index (χ3v) is 4.00. The van der Waals surface area contributed by atoms with Crippen LogP contribution in [0.4, 0.5) is 5.69 Å².